The number of amides is 1. The fourth-order valence-corrected chi connectivity index (χ4v) is 4.04. The van der Waals surface area contributed by atoms with Crippen molar-refractivity contribution in [2.75, 3.05) is 13.1 Å². The van der Waals surface area contributed by atoms with Crippen LogP contribution in [-0.2, 0) is 11.8 Å². The summed E-state index contributed by atoms with van der Waals surface area (Å²) >= 11 is 0. The Morgan fingerprint density at radius 1 is 1.15 bits per heavy atom. The molecule has 0 radical (unpaired) electrons. The molecule has 1 amide bonds. The maximum atomic E-state index is 12.5. The van der Waals surface area contributed by atoms with Crippen LogP contribution in [-0.4, -0.2) is 39.5 Å². The van der Waals surface area contributed by atoms with Crippen LogP contribution < -0.4 is 5.32 Å². The van der Waals surface area contributed by atoms with E-state index in [0.717, 1.165) is 44.6 Å². The maximum absolute atomic E-state index is 12.5. The average molecular weight is 352 g/mol. The summed E-state index contributed by atoms with van der Waals surface area (Å²) in [7, 11) is 2.04. The quantitative estimate of drug-likeness (QED) is 0.900. The molecule has 1 N–H and O–H groups in total. The van der Waals surface area contributed by atoms with E-state index in [-0.39, 0.29) is 6.04 Å². The summed E-state index contributed by atoms with van der Waals surface area (Å²) in [6, 6.07) is 11.0. The topological polar surface area (TPSA) is 50.2 Å². The van der Waals surface area contributed by atoms with Crippen LogP contribution in [0.2, 0.25) is 0 Å². The lowest BCUT2D eigenvalue weighted by molar-refractivity contribution is -0.139. The first-order valence-corrected chi connectivity index (χ1v) is 9.79. The molecule has 1 atom stereocenters. The third-order valence-electron chi connectivity index (χ3n) is 5.91. The summed E-state index contributed by atoms with van der Waals surface area (Å²) in [6.45, 7) is 1.74. The van der Waals surface area contributed by atoms with Crippen LogP contribution in [0.15, 0.2) is 42.7 Å². The molecule has 138 valence electrons. The van der Waals surface area contributed by atoms with E-state index in [4.69, 9.17) is 0 Å². The molecule has 5 nitrogen and oxygen atoms in total. The Balaban J connectivity index is 1.42. The van der Waals surface area contributed by atoms with Gasteiger partial charge in [0.2, 0.25) is 5.91 Å². The third kappa shape index (κ3) is 3.54. The van der Waals surface area contributed by atoms with E-state index in [2.05, 4.69) is 44.0 Å². The van der Waals surface area contributed by atoms with Crippen LogP contribution in [0.3, 0.4) is 0 Å². The zero-order valence-corrected chi connectivity index (χ0v) is 15.5. The first-order valence-electron chi connectivity index (χ1n) is 9.79. The summed E-state index contributed by atoms with van der Waals surface area (Å²) in [5, 5.41) is 3.81. The van der Waals surface area contributed by atoms with E-state index < -0.39 is 0 Å². The minimum atomic E-state index is 0.0788. The molecule has 2 heterocycles. The lowest BCUT2D eigenvalue weighted by atomic mass is 9.84. The van der Waals surface area contributed by atoms with Crippen molar-refractivity contribution in [3.05, 3.63) is 54.1 Å². The van der Waals surface area contributed by atoms with Gasteiger partial charge in [-0.25, -0.2) is 4.98 Å². The van der Waals surface area contributed by atoms with Crippen molar-refractivity contribution in [2.24, 2.45) is 13.0 Å². The normalized spacial score (nSPS) is 20.0. The number of likely N-dealkylation sites (tertiary alicyclic amines) is 1. The van der Waals surface area contributed by atoms with Gasteiger partial charge in [-0.3, -0.25) is 4.79 Å². The third-order valence-corrected chi connectivity index (χ3v) is 5.91. The van der Waals surface area contributed by atoms with E-state index in [9.17, 15) is 4.79 Å². The molecule has 1 aromatic carbocycles. The van der Waals surface area contributed by atoms with Gasteiger partial charge >= 0.3 is 0 Å². The molecule has 1 saturated heterocycles. The molecule has 2 aliphatic rings. The summed E-state index contributed by atoms with van der Waals surface area (Å²) in [4.78, 5) is 19.1. The van der Waals surface area contributed by atoms with Gasteiger partial charge < -0.3 is 14.8 Å². The number of aromatic nitrogens is 2. The highest BCUT2D eigenvalue weighted by Crippen LogP contribution is 2.30. The molecular formula is C21H28N4O. The van der Waals surface area contributed by atoms with E-state index in [1.165, 1.54) is 12.0 Å². The molecule has 2 fully saturated rings. The number of nitrogens with zero attached hydrogens (tertiary/aromatic N) is 3. The monoisotopic (exact) mass is 352 g/mol. The number of imidazole rings is 1. The lowest BCUT2D eigenvalue weighted by Gasteiger charge is -2.38. The van der Waals surface area contributed by atoms with Gasteiger partial charge in [0.15, 0.2) is 0 Å². The predicted molar refractivity (Wildman–Crippen MR) is 102 cm³/mol. The highest BCUT2D eigenvalue weighted by atomic mass is 16.2. The maximum Gasteiger partial charge on any atom is 0.225 e. The zero-order chi connectivity index (χ0) is 17.9. The number of benzene rings is 1. The van der Waals surface area contributed by atoms with Crippen molar-refractivity contribution in [3.63, 3.8) is 0 Å². The van der Waals surface area contributed by atoms with Crippen LogP contribution in [0.5, 0.6) is 0 Å². The number of carbonyl (C=O) groups is 1. The molecule has 1 aromatic heterocycles. The molecule has 1 aliphatic heterocycles. The van der Waals surface area contributed by atoms with E-state index in [1.807, 2.05) is 25.5 Å². The minimum absolute atomic E-state index is 0.0788. The zero-order valence-electron chi connectivity index (χ0n) is 15.5. The number of rotatable bonds is 5. The molecule has 0 spiro atoms. The molecule has 4 rings (SSSR count). The Morgan fingerprint density at radius 3 is 2.46 bits per heavy atom. The van der Waals surface area contributed by atoms with E-state index in [1.54, 1.807) is 0 Å². The molecular weight excluding hydrogens is 324 g/mol. The summed E-state index contributed by atoms with van der Waals surface area (Å²) in [6.07, 6.45) is 9.26. The highest BCUT2D eigenvalue weighted by Gasteiger charge is 2.32. The number of aryl methyl sites for hydroxylation is 1. The fraction of sp³-hybridized carbons (Fsp3) is 0.524. The van der Waals surface area contributed by atoms with Crippen molar-refractivity contribution in [1.29, 1.82) is 0 Å². The van der Waals surface area contributed by atoms with Gasteiger partial charge in [-0.05, 0) is 31.2 Å². The van der Waals surface area contributed by atoms with Crippen molar-refractivity contribution in [1.82, 2.24) is 19.8 Å². The lowest BCUT2D eigenvalue weighted by Crippen LogP contribution is -2.48. The average Bonchev–Trinajstić information content (AvgIpc) is 3.05. The Hall–Kier alpha value is -2.14. The Morgan fingerprint density at radius 2 is 1.88 bits per heavy atom. The van der Waals surface area contributed by atoms with Crippen molar-refractivity contribution in [3.8, 4) is 0 Å². The van der Waals surface area contributed by atoms with Crippen molar-refractivity contribution >= 4 is 5.91 Å². The molecule has 2 aromatic rings. The second-order valence-corrected chi connectivity index (χ2v) is 7.63. The van der Waals surface area contributed by atoms with E-state index >= 15 is 0 Å². The molecule has 0 bridgehead atoms. The van der Waals surface area contributed by atoms with Crippen molar-refractivity contribution in [2.45, 2.75) is 44.2 Å². The molecule has 1 aliphatic carbocycles. The Kier molecular flexibility index (Phi) is 5.07. The van der Waals surface area contributed by atoms with Gasteiger partial charge in [0.05, 0.1) is 6.04 Å². The second-order valence-electron chi connectivity index (χ2n) is 7.63. The number of hydrogen-bond donors (Lipinski definition) is 1. The van der Waals surface area contributed by atoms with Gasteiger partial charge in [0, 0.05) is 44.5 Å². The summed E-state index contributed by atoms with van der Waals surface area (Å²) < 4.78 is 2.08. The van der Waals surface area contributed by atoms with Crippen LogP contribution in [0.4, 0.5) is 0 Å². The van der Waals surface area contributed by atoms with Crippen molar-refractivity contribution < 1.29 is 4.79 Å². The van der Waals surface area contributed by atoms with E-state index in [0.29, 0.717) is 17.9 Å². The first kappa shape index (κ1) is 17.3. The number of carbonyl (C=O) groups excluding carboxylic acids is 1. The molecule has 26 heavy (non-hydrogen) atoms. The van der Waals surface area contributed by atoms with Crippen LogP contribution >= 0.6 is 0 Å². The summed E-state index contributed by atoms with van der Waals surface area (Å²) in [5.74, 6) is 1.73. The van der Waals surface area contributed by atoms with Crippen LogP contribution in [0.25, 0.3) is 0 Å². The van der Waals surface area contributed by atoms with Crippen LogP contribution in [0, 0.1) is 5.92 Å². The standard InChI is InChI=1S/C21H28N4O/c1-24-15-12-22-20(24)19(16-6-3-2-4-7-16)23-18-10-13-25(14-11-18)21(26)17-8-5-9-17/h2-4,6-7,12,15,17-19,23H,5,8-11,13-14H2,1H3. The highest BCUT2D eigenvalue weighted by molar-refractivity contribution is 5.79. The van der Waals surface area contributed by atoms with Gasteiger partial charge in [-0.2, -0.15) is 0 Å². The SMILES string of the molecule is Cn1ccnc1C(NC1CCN(C(=O)C2CCC2)CC1)c1ccccc1. The van der Waals surface area contributed by atoms with Gasteiger partial charge in [-0.1, -0.05) is 36.8 Å². The number of hydrogen-bond acceptors (Lipinski definition) is 3. The Bertz CT molecular complexity index is 729. The van der Waals surface area contributed by atoms with Gasteiger partial charge in [0.25, 0.3) is 0 Å². The second kappa shape index (κ2) is 7.62. The molecule has 1 saturated carbocycles. The number of nitrogens with one attached hydrogen (secondary N) is 1. The summed E-state index contributed by atoms with van der Waals surface area (Å²) in [5.41, 5.74) is 1.23. The predicted octanol–water partition coefficient (Wildman–Crippen LogP) is 2.89. The van der Waals surface area contributed by atoms with Gasteiger partial charge in [0.1, 0.15) is 5.82 Å². The smallest absolute Gasteiger partial charge is 0.225 e. The largest absolute Gasteiger partial charge is 0.342 e. The molecule has 1 unspecified atom stereocenters. The molecule has 5 heteroatoms. The first-order chi connectivity index (χ1) is 12.7. The fourth-order valence-electron chi connectivity index (χ4n) is 4.04. The minimum Gasteiger partial charge on any atom is -0.342 e. The Labute approximate surface area is 155 Å². The van der Waals surface area contributed by atoms with Gasteiger partial charge in [-0.15, -0.1) is 0 Å². The number of piperidine rings is 1. The van der Waals surface area contributed by atoms with Crippen LogP contribution in [0.1, 0.15) is 49.5 Å².